The molecule has 0 aromatic heterocycles. The molecule has 1 fully saturated rings. The van der Waals surface area contributed by atoms with Crippen molar-refractivity contribution in [1.29, 1.82) is 0 Å². The maximum atomic E-state index is 12.7. The molecule has 3 unspecified atom stereocenters. The topological polar surface area (TPSA) is 12.0 Å². The summed E-state index contributed by atoms with van der Waals surface area (Å²) in [6.07, 6.45) is -2.11. The molecule has 0 radical (unpaired) electrons. The molecule has 1 aliphatic carbocycles. The number of aryl methyl sites for hydroxylation is 1. The highest BCUT2D eigenvalue weighted by molar-refractivity contribution is 5.36. The maximum absolute atomic E-state index is 12.7. The quantitative estimate of drug-likeness (QED) is 0.862. The van der Waals surface area contributed by atoms with Gasteiger partial charge in [0.1, 0.15) is 0 Å². The third kappa shape index (κ3) is 3.00. The molecule has 0 bridgehead atoms. The standard InChI is InChI=1S/C16H22F3N/c1-4-20-15-8-7-14(11(15)3)13-6-5-12(9-10(13)2)16(17,18)19/h5-6,9,11,14-15,20H,4,7-8H2,1-3H3. The van der Waals surface area contributed by atoms with E-state index in [1.807, 2.05) is 0 Å². The average Bonchev–Trinajstić information content (AvgIpc) is 2.71. The smallest absolute Gasteiger partial charge is 0.314 e. The lowest BCUT2D eigenvalue weighted by molar-refractivity contribution is -0.137. The van der Waals surface area contributed by atoms with Gasteiger partial charge in [0.2, 0.25) is 0 Å². The van der Waals surface area contributed by atoms with Crippen molar-refractivity contribution in [3.63, 3.8) is 0 Å². The van der Waals surface area contributed by atoms with Crippen LogP contribution in [0.5, 0.6) is 0 Å². The predicted molar refractivity (Wildman–Crippen MR) is 74.8 cm³/mol. The zero-order chi connectivity index (χ0) is 14.9. The second-order valence-electron chi connectivity index (χ2n) is 5.78. The third-order valence-corrected chi connectivity index (χ3v) is 4.52. The molecule has 0 aliphatic heterocycles. The van der Waals surface area contributed by atoms with E-state index in [9.17, 15) is 13.2 Å². The lowest BCUT2D eigenvalue weighted by atomic mass is 9.85. The summed E-state index contributed by atoms with van der Waals surface area (Å²) >= 11 is 0. The van der Waals surface area contributed by atoms with Crippen molar-refractivity contribution in [1.82, 2.24) is 5.32 Å². The molecule has 1 aromatic rings. The summed E-state index contributed by atoms with van der Waals surface area (Å²) < 4.78 is 38.1. The Kier molecular flexibility index (Phi) is 4.43. The van der Waals surface area contributed by atoms with Crippen LogP contribution in [-0.2, 0) is 6.18 Å². The second-order valence-corrected chi connectivity index (χ2v) is 5.78. The SMILES string of the molecule is CCNC1CCC(c2ccc(C(F)(F)F)cc2C)C1C. The molecule has 112 valence electrons. The molecule has 2 rings (SSSR count). The van der Waals surface area contributed by atoms with Crippen molar-refractivity contribution < 1.29 is 13.2 Å². The average molecular weight is 285 g/mol. The molecule has 0 saturated heterocycles. The van der Waals surface area contributed by atoms with Gasteiger partial charge in [0, 0.05) is 6.04 Å². The fourth-order valence-electron chi connectivity index (χ4n) is 3.42. The van der Waals surface area contributed by atoms with Gasteiger partial charge in [-0.1, -0.05) is 19.9 Å². The van der Waals surface area contributed by atoms with Crippen molar-refractivity contribution in [3.8, 4) is 0 Å². The van der Waals surface area contributed by atoms with Crippen molar-refractivity contribution in [2.24, 2.45) is 5.92 Å². The van der Waals surface area contributed by atoms with E-state index in [4.69, 9.17) is 0 Å². The Hall–Kier alpha value is -1.03. The van der Waals surface area contributed by atoms with Crippen LogP contribution >= 0.6 is 0 Å². The van der Waals surface area contributed by atoms with Crippen molar-refractivity contribution >= 4 is 0 Å². The minimum atomic E-state index is -4.25. The van der Waals surface area contributed by atoms with E-state index in [0.29, 0.717) is 17.9 Å². The van der Waals surface area contributed by atoms with Crippen LogP contribution in [0.3, 0.4) is 0 Å². The van der Waals surface area contributed by atoms with E-state index >= 15 is 0 Å². The molecule has 1 nitrogen and oxygen atoms in total. The Morgan fingerprint density at radius 3 is 2.50 bits per heavy atom. The summed E-state index contributed by atoms with van der Waals surface area (Å²) in [6, 6.07) is 4.65. The fourth-order valence-corrected chi connectivity index (χ4v) is 3.42. The van der Waals surface area contributed by atoms with Gasteiger partial charge in [-0.25, -0.2) is 0 Å². The maximum Gasteiger partial charge on any atom is 0.416 e. The molecule has 1 saturated carbocycles. The molecule has 1 N–H and O–H groups in total. The number of alkyl halides is 3. The normalized spacial score (nSPS) is 27.0. The molecular formula is C16H22F3N. The molecule has 20 heavy (non-hydrogen) atoms. The van der Waals surface area contributed by atoms with E-state index in [0.717, 1.165) is 30.5 Å². The first-order valence-corrected chi connectivity index (χ1v) is 7.25. The first-order chi connectivity index (χ1) is 9.34. The molecule has 4 heteroatoms. The number of halogens is 3. The van der Waals surface area contributed by atoms with E-state index in [1.165, 1.54) is 12.1 Å². The first-order valence-electron chi connectivity index (χ1n) is 7.25. The van der Waals surface area contributed by atoms with Gasteiger partial charge in [-0.05, 0) is 61.4 Å². The summed E-state index contributed by atoms with van der Waals surface area (Å²) in [5, 5.41) is 3.47. The summed E-state index contributed by atoms with van der Waals surface area (Å²) in [7, 11) is 0. The van der Waals surface area contributed by atoms with Gasteiger partial charge in [0.25, 0.3) is 0 Å². The van der Waals surface area contributed by atoms with Gasteiger partial charge in [-0.15, -0.1) is 0 Å². The highest BCUT2D eigenvalue weighted by Gasteiger charge is 2.35. The largest absolute Gasteiger partial charge is 0.416 e. The Morgan fingerprint density at radius 2 is 1.95 bits per heavy atom. The second kappa shape index (κ2) is 5.76. The number of benzene rings is 1. The first kappa shape index (κ1) is 15.4. The Labute approximate surface area is 118 Å². The summed E-state index contributed by atoms with van der Waals surface area (Å²) in [4.78, 5) is 0. The van der Waals surface area contributed by atoms with Gasteiger partial charge in [-0.3, -0.25) is 0 Å². The summed E-state index contributed by atoms with van der Waals surface area (Å²) in [5.74, 6) is 0.826. The lowest BCUT2D eigenvalue weighted by Crippen LogP contribution is -2.32. The van der Waals surface area contributed by atoms with Crippen LogP contribution < -0.4 is 5.32 Å². The highest BCUT2D eigenvalue weighted by atomic mass is 19.4. The number of hydrogen-bond donors (Lipinski definition) is 1. The number of nitrogens with one attached hydrogen (secondary N) is 1. The van der Waals surface area contributed by atoms with Crippen LogP contribution in [0.25, 0.3) is 0 Å². The van der Waals surface area contributed by atoms with Crippen LogP contribution in [0.4, 0.5) is 13.2 Å². The Bertz CT molecular complexity index is 467. The molecule has 1 aromatic carbocycles. The van der Waals surface area contributed by atoms with Gasteiger partial charge < -0.3 is 5.32 Å². The van der Waals surface area contributed by atoms with Crippen molar-refractivity contribution in [3.05, 3.63) is 34.9 Å². The Balaban J connectivity index is 2.22. The van der Waals surface area contributed by atoms with Crippen molar-refractivity contribution in [2.75, 3.05) is 6.54 Å². The molecular weight excluding hydrogens is 263 g/mol. The summed E-state index contributed by atoms with van der Waals surface area (Å²) in [5.41, 5.74) is 1.28. The molecule has 3 atom stereocenters. The Morgan fingerprint density at radius 1 is 1.25 bits per heavy atom. The van der Waals surface area contributed by atoms with E-state index < -0.39 is 11.7 Å². The van der Waals surface area contributed by atoms with E-state index in [-0.39, 0.29) is 0 Å². The molecule has 1 aliphatic rings. The number of hydrogen-bond acceptors (Lipinski definition) is 1. The predicted octanol–water partition coefficient (Wildman–Crippen LogP) is 4.51. The third-order valence-electron chi connectivity index (χ3n) is 4.52. The summed E-state index contributed by atoms with van der Waals surface area (Å²) in [6.45, 7) is 7.01. The molecule has 0 amide bonds. The van der Waals surface area contributed by atoms with Crippen LogP contribution in [0.1, 0.15) is 49.3 Å². The number of rotatable bonds is 3. The van der Waals surface area contributed by atoms with Gasteiger partial charge in [0.15, 0.2) is 0 Å². The van der Waals surface area contributed by atoms with Gasteiger partial charge >= 0.3 is 6.18 Å². The van der Waals surface area contributed by atoms with Crippen molar-refractivity contribution in [2.45, 2.75) is 51.7 Å². The van der Waals surface area contributed by atoms with Crippen LogP contribution in [0.15, 0.2) is 18.2 Å². The fraction of sp³-hybridized carbons (Fsp3) is 0.625. The van der Waals surface area contributed by atoms with Gasteiger partial charge in [0.05, 0.1) is 5.56 Å². The molecule has 0 spiro atoms. The minimum absolute atomic E-state index is 0.362. The highest BCUT2D eigenvalue weighted by Crippen LogP contribution is 2.42. The zero-order valence-corrected chi connectivity index (χ0v) is 12.2. The lowest BCUT2D eigenvalue weighted by Gasteiger charge is -2.23. The zero-order valence-electron chi connectivity index (χ0n) is 12.2. The minimum Gasteiger partial charge on any atom is -0.314 e. The van der Waals surface area contributed by atoms with Gasteiger partial charge in [-0.2, -0.15) is 13.2 Å². The van der Waals surface area contributed by atoms with Crippen LogP contribution in [0, 0.1) is 12.8 Å². The molecule has 0 heterocycles. The van der Waals surface area contributed by atoms with E-state index in [2.05, 4.69) is 19.2 Å². The van der Waals surface area contributed by atoms with Crippen LogP contribution in [0.2, 0.25) is 0 Å². The van der Waals surface area contributed by atoms with E-state index in [1.54, 1.807) is 13.0 Å². The van der Waals surface area contributed by atoms with Crippen LogP contribution in [-0.4, -0.2) is 12.6 Å². The monoisotopic (exact) mass is 285 g/mol.